The minimum Gasteiger partial charge on any atom is -0.336 e. The van der Waals surface area contributed by atoms with Gasteiger partial charge in [0, 0.05) is 6.42 Å². The number of nitrogens with two attached hydrogens (primary N) is 1. The molecule has 0 fully saturated rings. The van der Waals surface area contributed by atoms with Crippen molar-refractivity contribution in [3.8, 4) is 0 Å². The fourth-order valence-electron chi connectivity index (χ4n) is 1.91. The normalized spacial score (nSPS) is 13.0. The Kier molecular flexibility index (Phi) is 3.61. The zero-order valence-corrected chi connectivity index (χ0v) is 10.2. The van der Waals surface area contributed by atoms with E-state index in [2.05, 4.69) is 26.9 Å². The van der Waals surface area contributed by atoms with Gasteiger partial charge in [-0.2, -0.15) is 0 Å². The first-order chi connectivity index (χ1) is 8.60. The molecule has 2 heterocycles. The lowest BCUT2D eigenvalue weighted by molar-refractivity contribution is 0.495. The molecule has 0 spiro atoms. The number of imidazole rings is 1. The molecule has 0 saturated carbocycles. The van der Waals surface area contributed by atoms with Crippen LogP contribution < -0.4 is 17.0 Å². The molecule has 1 unspecified atom stereocenters. The van der Waals surface area contributed by atoms with Gasteiger partial charge in [0.2, 0.25) is 0 Å². The van der Waals surface area contributed by atoms with Crippen molar-refractivity contribution in [1.29, 1.82) is 0 Å². The van der Waals surface area contributed by atoms with E-state index in [0.717, 1.165) is 19.3 Å². The van der Waals surface area contributed by atoms with Gasteiger partial charge >= 0.3 is 5.69 Å². The van der Waals surface area contributed by atoms with Gasteiger partial charge in [-0.25, -0.2) is 9.78 Å². The van der Waals surface area contributed by atoms with E-state index >= 15 is 0 Å². The summed E-state index contributed by atoms with van der Waals surface area (Å²) in [6, 6.07) is 0. The van der Waals surface area contributed by atoms with Crippen LogP contribution in [0, 0.1) is 5.92 Å². The molecule has 0 aliphatic heterocycles. The van der Waals surface area contributed by atoms with Gasteiger partial charge in [0.15, 0.2) is 5.65 Å². The molecule has 0 aromatic carbocycles. The number of aromatic amines is 3. The second kappa shape index (κ2) is 5.18. The van der Waals surface area contributed by atoms with E-state index in [1.807, 2.05) is 0 Å². The van der Waals surface area contributed by atoms with Crippen LogP contribution in [0.5, 0.6) is 0 Å². The second-order valence-electron chi connectivity index (χ2n) is 4.54. The summed E-state index contributed by atoms with van der Waals surface area (Å²) in [5, 5.41) is 0. The molecule has 2 aromatic rings. The lowest BCUT2D eigenvalue weighted by Crippen LogP contribution is -2.21. The predicted octanol–water partition coefficient (Wildman–Crippen LogP) is -0.143. The SMILES string of the molecule is CC(CCN)CCc1nc2[nH]c(=O)[nH]c(=O)c2[nH]1. The summed E-state index contributed by atoms with van der Waals surface area (Å²) in [5.41, 5.74) is 5.13. The molecule has 0 aliphatic rings. The average Bonchev–Trinajstić information content (AvgIpc) is 2.70. The summed E-state index contributed by atoms with van der Waals surface area (Å²) in [6.45, 7) is 2.80. The number of hydrogen-bond acceptors (Lipinski definition) is 4. The highest BCUT2D eigenvalue weighted by molar-refractivity contribution is 5.68. The van der Waals surface area contributed by atoms with E-state index < -0.39 is 11.2 Å². The van der Waals surface area contributed by atoms with Crippen molar-refractivity contribution in [2.45, 2.75) is 26.2 Å². The Morgan fingerprint density at radius 1 is 1.22 bits per heavy atom. The second-order valence-corrected chi connectivity index (χ2v) is 4.54. The fraction of sp³-hybridized carbons (Fsp3) is 0.545. The zero-order chi connectivity index (χ0) is 13.1. The van der Waals surface area contributed by atoms with E-state index in [1.54, 1.807) is 0 Å². The third-order valence-electron chi connectivity index (χ3n) is 2.97. The monoisotopic (exact) mass is 251 g/mol. The van der Waals surface area contributed by atoms with Crippen molar-refractivity contribution in [3.63, 3.8) is 0 Å². The Balaban J connectivity index is 2.18. The highest BCUT2D eigenvalue weighted by atomic mass is 16.2. The Morgan fingerprint density at radius 2 is 2.00 bits per heavy atom. The van der Waals surface area contributed by atoms with E-state index in [-0.39, 0.29) is 0 Å². The van der Waals surface area contributed by atoms with Crippen LogP contribution in [0.15, 0.2) is 9.59 Å². The number of hydrogen-bond donors (Lipinski definition) is 4. The van der Waals surface area contributed by atoms with E-state index in [0.29, 0.717) is 29.5 Å². The highest BCUT2D eigenvalue weighted by Gasteiger charge is 2.09. The standard InChI is InChI=1S/C11H17N5O2/c1-6(4-5-12)2-3-7-13-8-9(14-7)15-11(18)16-10(8)17/h6H,2-5,12H2,1H3,(H3,13,14,15,16,17,18). The van der Waals surface area contributed by atoms with Crippen LogP contribution in [0.4, 0.5) is 0 Å². The molecule has 0 radical (unpaired) electrons. The molecule has 2 rings (SSSR count). The van der Waals surface area contributed by atoms with Crippen LogP contribution in [0.2, 0.25) is 0 Å². The van der Waals surface area contributed by atoms with Crippen molar-refractivity contribution in [3.05, 3.63) is 26.7 Å². The van der Waals surface area contributed by atoms with Crippen molar-refractivity contribution >= 4 is 11.2 Å². The molecule has 0 amide bonds. The van der Waals surface area contributed by atoms with Gasteiger partial charge in [-0.15, -0.1) is 0 Å². The molecule has 7 nitrogen and oxygen atoms in total. The first kappa shape index (κ1) is 12.6. The summed E-state index contributed by atoms with van der Waals surface area (Å²) in [4.78, 5) is 34.4. The van der Waals surface area contributed by atoms with Crippen LogP contribution in [0.25, 0.3) is 11.2 Å². The fourth-order valence-corrected chi connectivity index (χ4v) is 1.91. The maximum Gasteiger partial charge on any atom is 0.327 e. The molecule has 0 saturated heterocycles. The van der Waals surface area contributed by atoms with Crippen LogP contribution in [0.3, 0.4) is 0 Å². The van der Waals surface area contributed by atoms with Gasteiger partial charge in [0.1, 0.15) is 11.3 Å². The van der Waals surface area contributed by atoms with E-state index in [1.165, 1.54) is 0 Å². The highest BCUT2D eigenvalue weighted by Crippen LogP contribution is 2.11. The van der Waals surface area contributed by atoms with Gasteiger partial charge in [0.05, 0.1) is 0 Å². The summed E-state index contributed by atoms with van der Waals surface area (Å²) in [6.07, 6.45) is 2.65. The van der Waals surface area contributed by atoms with Crippen molar-refractivity contribution in [2.24, 2.45) is 11.7 Å². The molecular weight excluding hydrogens is 234 g/mol. The van der Waals surface area contributed by atoms with Crippen molar-refractivity contribution in [1.82, 2.24) is 19.9 Å². The Labute approximate surface area is 103 Å². The van der Waals surface area contributed by atoms with Gasteiger partial charge in [-0.3, -0.25) is 14.8 Å². The number of aromatic nitrogens is 4. The van der Waals surface area contributed by atoms with Gasteiger partial charge in [-0.1, -0.05) is 6.92 Å². The predicted molar refractivity (Wildman–Crippen MR) is 68.5 cm³/mol. The van der Waals surface area contributed by atoms with Crippen molar-refractivity contribution in [2.75, 3.05) is 6.54 Å². The number of nitrogens with zero attached hydrogens (tertiary/aromatic N) is 1. The largest absolute Gasteiger partial charge is 0.336 e. The van der Waals surface area contributed by atoms with Gasteiger partial charge in [-0.05, 0) is 25.3 Å². The van der Waals surface area contributed by atoms with Crippen LogP contribution >= 0.6 is 0 Å². The molecule has 0 aliphatic carbocycles. The number of fused-ring (bicyclic) bond motifs is 1. The lowest BCUT2D eigenvalue weighted by Gasteiger charge is -2.07. The maximum absolute atomic E-state index is 11.5. The molecule has 7 heteroatoms. The Morgan fingerprint density at radius 3 is 2.72 bits per heavy atom. The number of aryl methyl sites for hydroxylation is 1. The maximum atomic E-state index is 11.5. The summed E-state index contributed by atoms with van der Waals surface area (Å²) in [7, 11) is 0. The van der Waals surface area contributed by atoms with Crippen LogP contribution in [0.1, 0.15) is 25.6 Å². The first-order valence-electron chi connectivity index (χ1n) is 6.01. The quantitative estimate of drug-likeness (QED) is 0.590. The molecule has 98 valence electrons. The Hall–Kier alpha value is -1.89. The number of nitrogens with one attached hydrogen (secondary N) is 3. The molecular formula is C11H17N5O2. The topological polar surface area (TPSA) is 120 Å². The minimum absolute atomic E-state index is 0.310. The molecule has 0 bridgehead atoms. The molecule has 18 heavy (non-hydrogen) atoms. The summed E-state index contributed by atoms with van der Waals surface area (Å²) in [5.74, 6) is 1.22. The number of rotatable bonds is 5. The smallest absolute Gasteiger partial charge is 0.327 e. The van der Waals surface area contributed by atoms with Crippen LogP contribution in [-0.4, -0.2) is 26.5 Å². The third-order valence-corrected chi connectivity index (χ3v) is 2.97. The first-order valence-corrected chi connectivity index (χ1v) is 6.01. The number of H-pyrrole nitrogens is 3. The van der Waals surface area contributed by atoms with E-state index in [9.17, 15) is 9.59 Å². The molecule has 5 N–H and O–H groups in total. The average molecular weight is 251 g/mol. The Bertz CT molecular complexity index is 639. The lowest BCUT2D eigenvalue weighted by atomic mass is 10.0. The van der Waals surface area contributed by atoms with E-state index in [4.69, 9.17) is 5.73 Å². The summed E-state index contributed by atoms with van der Waals surface area (Å²) >= 11 is 0. The van der Waals surface area contributed by atoms with Crippen LogP contribution in [-0.2, 0) is 6.42 Å². The van der Waals surface area contributed by atoms with Crippen molar-refractivity contribution < 1.29 is 0 Å². The summed E-state index contributed by atoms with van der Waals surface area (Å²) < 4.78 is 0. The molecule has 2 aromatic heterocycles. The van der Waals surface area contributed by atoms with Gasteiger partial charge in [0.25, 0.3) is 5.56 Å². The third kappa shape index (κ3) is 2.67. The molecule has 1 atom stereocenters. The van der Waals surface area contributed by atoms with Gasteiger partial charge < -0.3 is 10.7 Å². The zero-order valence-electron chi connectivity index (χ0n) is 10.2. The minimum atomic E-state index is -0.540.